The largest absolute Gasteiger partial charge is 0.380 e. The maximum atomic E-state index is 5.94. The zero-order chi connectivity index (χ0) is 15.0. The molecule has 1 aromatic carbocycles. The summed E-state index contributed by atoms with van der Waals surface area (Å²) in [7, 11) is 0. The van der Waals surface area contributed by atoms with Crippen LogP contribution in [0, 0.1) is 20.8 Å². The van der Waals surface area contributed by atoms with Crippen LogP contribution in [0.1, 0.15) is 17.0 Å². The van der Waals surface area contributed by atoms with Gasteiger partial charge in [0, 0.05) is 11.4 Å². The Morgan fingerprint density at radius 3 is 2.67 bits per heavy atom. The number of azo groups is 1. The van der Waals surface area contributed by atoms with Crippen molar-refractivity contribution in [2.24, 2.45) is 10.2 Å². The molecular weight excluding hydrogens is 264 g/mol. The van der Waals surface area contributed by atoms with Crippen molar-refractivity contribution in [3.63, 3.8) is 0 Å². The van der Waals surface area contributed by atoms with Crippen LogP contribution in [0.3, 0.4) is 0 Å². The quantitative estimate of drug-likeness (QED) is 0.727. The maximum Gasteiger partial charge on any atom is 0.185 e. The second kappa shape index (κ2) is 4.97. The van der Waals surface area contributed by atoms with E-state index in [0.717, 1.165) is 22.6 Å². The van der Waals surface area contributed by atoms with E-state index in [0.29, 0.717) is 17.2 Å². The number of aromatic nitrogens is 3. The van der Waals surface area contributed by atoms with Crippen molar-refractivity contribution < 1.29 is 0 Å². The molecule has 2 N–H and O–H groups in total. The summed E-state index contributed by atoms with van der Waals surface area (Å²) in [6, 6.07) is 9.74. The molecule has 0 saturated heterocycles. The fourth-order valence-electron chi connectivity index (χ4n) is 2.22. The topological polar surface area (TPSA) is 80.9 Å². The fourth-order valence-corrected chi connectivity index (χ4v) is 2.22. The molecule has 6 heteroatoms. The van der Waals surface area contributed by atoms with Crippen molar-refractivity contribution in [3.8, 4) is 0 Å². The molecule has 21 heavy (non-hydrogen) atoms. The summed E-state index contributed by atoms with van der Waals surface area (Å²) >= 11 is 0. The summed E-state index contributed by atoms with van der Waals surface area (Å²) in [6.07, 6.45) is 0. The normalized spacial score (nSPS) is 11.6. The van der Waals surface area contributed by atoms with Crippen LogP contribution < -0.4 is 5.73 Å². The third-order valence-corrected chi connectivity index (χ3v) is 3.16. The predicted octanol–water partition coefficient (Wildman–Crippen LogP) is 3.65. The van der Waals surface area contributed by atoms with Gasteiger partial charge in [0.15, 0.2) is 17.2 Å². The lowest BCUT2D eigenvalue weighted by atomic mass is 10.2. The monoisotopic (exact) mass is 280 g/mol. The summed E-state index contributed by atoms with van der Waals surface area (Å²) in [5, 5.41) is 12.7. The van der Waals surface area contributed by atoms with Crippen LogP contribution in [0.25, 0.3) is 5.65 Å². The Balaban J connectivity index is 2.10. The Bertz CT molecular complexity index is 847. The zero-order valence-electron chi connectivity index (χ0n) is 12.2. The number of benzene rings is 1. The first kappa shape index (κ1) is 13.2. The molecule has 2 aromatic heterocycles. The highest BCUT2D eigenvalue weighted by atomic mass is 15.3. The van der Waals surface area contributed by atoms with E-state index in [-0.39, 0.29) is 0 Å². The number of rotatable bonds is 2. The van der Waals surface area contributed by atoms with E-state index in [2.05, 4.69) is 20.3 Å². The minimum atomic E-state index is 0.326. The first-order valence-corrected chi connectivity index (χ1v) is 6.65. The smallest absolute Gasteiger partial charge is 0.185 e. The highest BCUT2D eigenvalue weighted by Gasteiger charge is 2.13. The van der Waals surface area contributed by atoms with Gasteiger partial charge in [-0.05, 0) is 44.5 Å². The molecule has 0 spiro atoms. The van der Waals surface area contributed by atoms with E-state index >= 15 is 0 Å². The molecule has 0 unspecified atom stereocenters. The zero-order valence-corrected chi connectivity index (χ0v) is 12.2. The Kier molecular flexibility index (Phi) is 3.13. The lowest BCUT2D eigenvalue weighted by Gasteiger charge is -1.99. The first-order chi connectivity index (χ1) is 10.0. The molecule has 0 aliphatic rings. The molecule has 3 aromatic rings. The van der Waals surface area contributed by atoms with Crippen molar-refractivity contribution in [2.75, 3.05) is 5.73 Å². The third kappa shape index (κ3) is 2.47. The van der Waals surface area contributed by atoms with Crippen molar-refractivity contribution in [3.05, 3.63) is 47.3 Å². The van der Waals surface area contributed by atoms with Crippen LogP contribution in [0.2, 0.25) is 0 Å². The van der Waals surface area contributed by atoms with Gasteiger partial charge < -0.3 is 5.73 Å². The van der Waals surface area contributed by atoms with Gasteiger partial charge >= 0.3 is 0 Å². The van der Waals surface area contributed by atoms with Crippen molar-refractivity contribution in [1.29, 1.82) is 0 Å². The van der Waals surface area contributed by atoms with Crippen molar-refractivity contribution in [2.45, 2.75) is 20.8 Å². The molecule has 0 amide bonds. The van der Waals surface area contributed by atoms with Gasteiger partial charge in [0.25, 0.3) is 0 Å². The molecule has 3 rings (SSSR count). The lowest BCUT2D eigenvalue weighted by molar-refractivity contribution is 0.890. The Morgan fingerprint density at radius 1 is 1.10 bits per heavy atom. The van der Waals surface area contributed by atoms with Gasteiger partial charge in [0.05, 0.1) is 5.69 Å². The highest BCUT2D eigenvalue weighted by molar-refractivity contribution is 5.75. The van der Waals surface area contributed by atoms with Gasteiger partial charge in [0.1, 0.15) is 0 Å². The first-order valence-electron chi connectivity index (χ1n) is 6.65. The summed E-state index contributed by atoms with van der Waals surface area (Å²) in [4.78, 5) is 4.45. The SMILES string of the molecule is Cc1cccc(N=Nc2c(N)nn3c(C)cc(C)nc23)c1. The van der Waals surface area contributed by atoms with E-state index in [4.69, 9.17) is 5.73 Å². The molecule has 0 fully saturated rings. The van der Waals surface area contributed by atoms with Crippen LogP contribution in [0.5, 0.6) is 0 Å². The molecule has 0 saturated carbocycles. The Labute approximate surface area is 122 Å². The average molecular weight is 280 g/mol. The van der Waals surface area contributed by atoms with Crippen molar-refractivity contribution in [1.82, 2.24) is 14.6 Å². The molecule has 0 bridgehead atoms. The number of anilines is 1. The third-order valence-electron chi connectivity index (χ3n) is 3.16. The highest BCUT2D eigenvalue weighted by Crippen LogP contribution is 2.29. The predicted molar refractivity (Wildman–Crippen MR) is 82.2 cm³/mol. The minimum absolute atomic E-state index is 0.326. The summed E-state index contributed by atoms with van der Waals surface area (Å²) in [6.45, 7) is 5.89. The van der Waals surface area contributed by atoms with E-state index in [1.54, 1.807) is 4.52 Å². The second-order valence-electron chi connectivity index (χ2n) is 5.05. The number of aryl methyl sites for hydroxylation is 3. The van der Waals surface area contributed by atoms with Crippen LogP contribution in [-0.2, 0) is 0 Å². The van der Waals surface area contributed by atoms with E-state index in [1.807, 2.05) is 51.1 Å². The van der Waals surface area contributed by atoms with Gasteiger partial charge in [-0.15, -0.1) is 10.2 Å². The van der Waals surface area contributed by atoms with E-state index < -0.39 is 0 Å². The van der Waals surface area contributed by atoms with Gasteiger partial charge in [0.2, 0.25) is 0 Å². The Hall–Kier alpha value is -2.76. The van der Waals surface area contributed by atoms with Gasteiger partial charge in [-0.25, -0.2) is 9.50 Å². The van der Waals surface area contributed by atoms with Crippen LogP contribution in [0.15, 0.2) is 40.6 Å². The van der Waals surface area contributed by atoms with Crippen LogP contribution in [-0.4, -0.2) is 14.6 Å². The molecular formula is C15H16N6. The van der Waals surface area contributed by atoms with Gasteiger partial charge in [-0.2, -0.15) is 5.11 Å². The fraction of sp³-hybridized carbons (Fsp3) is 0.200. The van der Waals surface area contributed by atoms with Gasteiger partial charge in [-0.1, -0.05) is 12.1 Å². The van der Waals surface area contributed by atoms with E-state index in [9.17, 15) is 0 Å². The standard InChI is InChI=1S/C15H16N6/c1-9-5-4-6-12(7-9)18-19-13-14(16)20-21-11(3)8-10(2)17-15(13)21/h4-8H,1-3H3,(H2,16,20). The number of nitrogen functional groups attached to an aromatic ring is 1. The molecule has 0 aliphatic heterocycles. The van der Waals surface area contributed by atoms with Crippen LogP contribution in [0.4, 0.5) is 17.2 Å². The average Bonchev–Trinajstić information content (AvgIpc) is 2.73. The Morgan fingerprint density at radius 2 is 1.90 bits per heavy atom. The molecule has 0 aliphatic carbocycles. The van der Waals surface area contributed by atoms with Crippen LogP contribution >= 0.6 is 0 Å². The van der Waals surface area contributed by atoms with Crippen molar-refractivity contribution >= 4 is 22.8 Å². The summed E-state index contributed by atoms with van der Waals surface area (Å²) in [5.74, 6) is 0.326. The molecule has 6 nitrogen and oxygen atoms in total. The second-order valence-corrected chi connectivity index (χ2v) is 5.05. The molecule has 0 atom stereocenters. The maximum absolute atomic E-state index is 5.94. The molecule has 0 radical (unpaired) electrons. The number of nitrogens with two attached hydrogens (primary N) is 1. The molecule has 2 heterocycles. The number of nitrogens with zero attached hydrogens (tertiary/aromatic N) is 5. The minimum Gasteiger partial charge on any atom is -0.380 e. The molecule has 106 valence electrons. The number of fused-ring (bicyclic) bond motifs is 1. The number of hydrogen-bond donors (Lipinski definition) is 1. The summed E-state index contributed by atoms with van der Waals surface area (Å²) in [5.41, 5.74) is 10.8. The lowest BCUT2D eigenvalue weighted by Crippen LogP contribution is -1.97. The van der Waals surface area contributed by atoms with E-state index in [1.165, 1.54) is 0 Å². The van der Waals surface area contributed by atoms with Gasteiger partial charge in [-0.3, -0.25) is 0 Å². The summed E-state index contributed by atoms with van der Waals surface area (Å²) < 4.78 is 1.69. The number of hydrogen-bond acceptors (Lipinski definition) is 5.